The molecular weight excluding hydrogens is 199 g/mol. The fourth-order valence-electron chi connectivity index (χ4n) is 3.10. The van der Waals surface area contributed by atoms with E-state index in [1.54, 1.807) is 0 Å². The van der Waals surface area contributed by atoms with Crippen LogP contribution in [0.3, 0.4) is 0 Å². The fraction of sp³-hybridized carbons (Fsp3) is 1.00. The van der Waals surface area contributed by atoms with Crippen LogP contribution in [0.4, 0.5) is 0 Å². The Balaban J connectivity index is 2.15. The predicted molar refractivity (Wildman–Crippen MR) is 58.1 cm³/mol. The van der Waals surface area contributed by atoms with E-state index in [4.69, 9.17) is 0 Å². The monoisotopic (exact) mass is 220 g/mol. The third-order valence-electron chi connectivity index (χ3n) is 4.05. The van der Waals surface area contributed by atoms with Gasteiger partial charge in [0.15, 0.2) is 0 Å². The summed E-state index contributed by atoms with van der Waals surface area (Å²) >= 11 is 0. The number of hydrogen-bond acceptors (Lipinski definition) is 3. The van der Waals surface area contributed by atoms with Gasteiger partial charge in [-0.05, 0) is 0 Å². The maximum atomic E-state index is 10.2. The van der Waals surface area contributed by atoms with Gasteiger partial charge in [0.25, 0.3) is 0 Å². The van der Waals surface area contributed by atoms with Crippen molar-refractivity contribution >= 4 is 7.28 Å². The molecule has 3 N–H and O–H groups in total. The van der Waals surface area contributed by atoms with Gasteiger partial charge >= 0.3 is 84.6 Å². The number of hydrogen-bond donors (Lipinski definition) is 3. The van der Waals surface area contributed by atoms with E-state index >= 15 is 0 Å². The standard InChI is InChI=1S/C10H21O3P/c11-14(12,13,9-5-1-2-6-9)10-7-3-4-8-10/h9-13H,1-8H2. The van der Waals surface area contributed by atoms with Crippen molar-refractivity contribution in [2.45, 2.75) is 62.7 Å². The van der Waals surface area contributed by atoms with Crippen LogP contribution in [0, 0.1) is 0 Å². The Labute approximate surface area is 85.3 Å². The van der Waals surface area contributed by atoms with Gasteiger partial charge in [0, 0.05) is 0 Å². The Morgan fingerprint density at radius 3 is 1.21 bits per heavy atom. The molecule has 0 radical (unpaired) electrons. The van der Waals surface area contributed by atoms with E-state index in [-0.39, 0.29) is 11.3 Å². The molecule has 0 heterocycles. The minimum absolute atomic E-state index is 0.205. The summed E-state index contributed by atoms with van der Waals surface area (Å²) in [6.07, 6.45) is 7.37. The molecule has 0 aliphatic heterocycles. The second-order valence-electron chi connectivity index (χ2n) is 4.99. The van der Waals surface area contributed by atoms with E-state index in [2.05, 4.69) is 0 Å². The van der Waals surface area contributed by atoms with E-state index in [0.717, 1.165) is 51.4 Å². The van der Waals surface area contributed by atoms with Crippen molar-refractivity contribution in [2.75, 3.05) is 0 Å². The van der Waals surface area contributed by atoms with Crippen molar-refractivity contribution in [1.82, 2.24) is 0 Å². The zero-order chi connectivity index (χ0) is 10.3. The molecule has 0 spiro atoms. The van der Waals surface area contributed by atoms with Gasteiger partial charge in [-0.25, -0.2) is 0 Å². The van der Waals surface area contributed by atoms with Gasteiger partial charge in [0.2, 0.25) is 0 Å². The Kier molecular flexibility index (Phi) is 2.64. The molecule has 2 aliphatic carbocycles. The van der Waals surface area contributed by atoms with Crippen LogP contribution in [0.1, 0.15) is 51.4 Å². The summed E-state index contributed by atoms with van der Waals surface area (Å²) < 4.78 is 0. The first kappa shape index (κ1) is 10.8. The molecule has 2 saturated carbocycles. The summed E-state index contributed by atoms with van der Waals surface area (Å²) in [6, 6.07) is 0. The van der Waals surface area contributed by atoms with Crippen LogP contribution < -0.4 is 0 Å². The first-order valence-electron chi connectivity index (χ1n) is 5.75. The van der Waals surface area contributed by atoms with Gasteiger partial charge in [0.05, 0.1) is 0 Å². The third-order valence-corrected chi connectivity index (χ3v) is 7.89. The summed E-state index contributed by atoms with van der Waals surface area (Å²) in [7, 11) is -4.31. The number of rotatable bonds is 2. The van der Waals surface area contributed by atoms with Crippen LogP contribution >= 0.6 is 7.28 Å². The van der Waals surface area contributed by atoms with Gasteiger partial charge in [-0.2, -0.15) is 0 Å². The van der Waals surface area contributed by atoms with E-state index in [0.29, 0.717) is 0 Å². The van der Waals surface area contributed by atoms with Gasteiger partial charge < -0.3 is 0 Å². The first-order valence-corrected chi connectivity index (χ1v) is 7.98. The SMILES string of the molecule is OP(O)(O)(C1CCCC1)C1CCCC1. The summed E-state index contributed by atoms with van der Waals surface area (Å²) in [5, 5.41) is 0. The molecule has 0 aromatic rings. The average Bonchev–Trinajstić information content (AvgIpc) is 2.78. The molecule has 0 atom stereocenters. The topological polar surface area (TPSA) is 60.7 Å². The van der Waals surface area contributed by atoms with Gasteiger partial charge in [-0.3, -0.25) is 0 Å². The molecule has 2 rings (SSSR count). The zero-order valence-corrected chi connectivity index (χ0v) is 9.49. The van der Waals surface area contributed by atoms with Crippen LogP contribution in [0.2, 0.25) is 0 Å². The predicted octanol–water partition coefficient (Wildman–Crippen LogP) is 2.15. The average molecular weight is 220 g/mol. The van der Waals surface area contributed by atoms with Crippen molar-refractivity contribution in [3.05, 3.63) is 0 Å². The van der Waals surface area contributed by atoms with Crippen molar-refractivity contribution in [2.24, 2.45) is 0 Å². The molecule has 2 aliphatic rings. The minimum atomic E-state index is -4.31. The Hall–Kier alpha value is 0.310. The second kappa shape index (κ2) is 3.41. The Morgan fingerprint density at radius 2 is 0.929 bits per heavy atom. The van der Waals surface area contributed by atoms with Crippen LogP contribution in [-0.4, -0.2) is 26.0 Å². The maximum absolute atomic E-state index is 10.2. The van der Waals surface area contributed by atoms with Gasteiger partial charge in [-0.15, -0.1) is 0 Å². The summed E-state index contributed by atoms with van der Waals surface area (Å²) in [4.78, 5) is 30.7. The molecule has 14 heavy (non-hydrogen) atoms. The summed E-state index contributed by atoms with van der Waals surface area (Å²) in [5.74, 6) is 0. The zero-order valence-electron chi connectivity index (χ0n) is 8.60. The van der Waals surface area contributed by atoms with E-state index in [1.807, 2.05) is 0 Å². The van der Waals surface area contributed by atoms with Crippen molar-refractivity contribution in [3.63, 3.8) is 0 Å². The Bertz CT molecular complexity index is 189. The molecule has 3 nitrogen and oxygen atoms in total. The van der Waals surface area contributed by atoms with Crippen LogP contribution in [-0.2, 0) is 0 Å². The van der Waals surface area contributed by atoms with Gasteiger partial charge in [-0.1, -0.05) is 0 Å². The fourth-order valence-corrected chi connectivity index (χ4v) is 6.41. The molecule has 0 amide bonds. The molecule has 0 aromatic carbocycles. The molecule has 2 fully saturated rings. The van der Waals surface area contributed by atoms with Crippen molar-refractivity contribution in [1.29, 1.82) is 0 Å². The van der Waals surface area contributed by atoms with E-state index in [1.165, 1.54) is 0 Å². The van der Waals surface area contributed by atoms with E-state index in [9.17, 15) is 14.7 Å². The second-order valence-corrected chi connectivity index (χ2v) is 8.67. The first-order chi connectivity index (χ1) is 6.49. The quantitative estimate of drug-likeness (QED) is 0.625. The summed E-state index contributed by atoms with van der Waals surface area (Å²) in [5.41, 5.74) is -0.409. The summed E-state index contributed by atoms with van der Waals surface area (Å²) in [6.45, 7) is 0. The van der Waals surface area contributed by atoms with Crippen molar-refractivity contribution in [3.8, 4) is 0 Å². The molecule has 0 aromatic heterocycles. The van der Waals surface area contributed by atoms with Crippen LogP contribution in [0.15, 0.2) is 0 Å². The van der Waals surface area contributed by atoms with Gasteiger partial charge in [0.1, 0.15) is 0 Å². The Morgan fingerprint density at radius 1 is 0.643 bits per heavy atom. The molecule has 0 bridgehead atoms. The molecule has 84 valence electrons. The van der Waals surface area contributed by atoms with E-state index < -0.39 is 7.28 Å². The molecule has 0 unspecified atom stereocenters. The molecule has 0 saturated heterocycles. The molecule has 4 heteroatoms. The molecular formula is C10H21O3P. The normalized spacial score (nSPS) is 29.2. The van der Waals surface area contributed by atoms with Crippen molar-refractivity contribution < 1.29 is 14.7 Å². The third kappa shape index (κ3) is 1.71. The van der Waals surface area contributed by atoms with Crippen LogP contribution in [0.25, 0.3) is 0 Å². The van der Waals surface area contributed by atoms with Crippen LogP contribution in [0.5, 0.6) is 0 Å².